The van der Waals surface area contributed by atoms with Crippen LogP contribution in [0, 0.1) is 5.41 Å². The molecular formula is C17H21N5O. The van der Waals surface area contributed by atoms with Crippen molar-refractivity contribution in [1.29, 1.82) is 0 Å². The molecule has 2 aromatic heterocycles. The van der Waals surface area contributed by atoms with Crippen molar-refractivity contribution in [3.63, 3.8) is 0 Å². The Hall–Kier alpha value is -2.47. The van der Waals surface area contributed by atoms with Crippen LogP contribution in [0.5, 0.6) is 0 Å². The molecule has 0 unspecified atom stereocenters. The molecule has 0 atom stereocenters. The lowest BCUT2D eigenvalue weighted by molar-refractivity contribution is 0.220. The van der Waals surface area contributed by atoms with E-state index in [0.29, 0.717) is 5.65 Å². The van der Waals surface area contributed by atoms with E-state index in [9.17, 15) is 0 Å². The standard InChI is InChI=1S/C17H21N5O/c1-17(2,10-11-23)12-18-14-8-9-15-19-20-16(22(15)21-14)13-6-4-3-5-7-13/h3-9,23H,10-12H2,1-2H3,(H,18,21). The summed E-state index contributed by atoms with van der Waals surface area (Å²) in [6.45, 7) is 5.14. The first kappa shape index (κ1) is 15.4. The fraction of sp³-hybridized carbons (Fsp3) is 0.353. The molecule has 0 aliphatic rings. The number of nitrogens with one attached hydrogen (secondary N) is 1. The first-order chi connectivity index (χ1) is 11.1. The van der Waals surface area contributed by atoms with Gasteiger partial charge in [0.05, 0.1) is 0 Å². The van der Waals surface area contributed by atoms with Crippen LogP contribution in [0.25, 0.3) is 17.0 Å². The molecule has 0 aliphatic carbocycles. The number of aromatic nitrogens is 4. The minimum Gasteiger partial charge on any atom is -0.396 e. The third kappa shape index (κ3) is 3.48. The zero-order valence-corrected chi connectivity index (χ0v) is 13.4. The van der Waals surface area contributed by atoms with Crippen molar-refractivity contribution in [3.8, 4) is 11.4 Å². The fourth-order valence-corrected chi connectivity index (χ4v) is 2.37. The van der Waals surface area contributed by atoms with E-state index in [2.05, 4.69) is 34.5 Å². The fourth-order valence-electron chi connectivity index (χ4n) is 2.37. The van der Waals surface area contributed by atoms with E-state index in [1.165, 1.54) is 0 Å². The van der Waals surface area contributed by atoms with Crippen molar-refractivity contribution in [2.75, 3.05) is 18.5 Å². The molecule has 23 heavy (non-hydrogen) atoms. The number of anilines is 1. The SMILES string of the molecule is CC(C)(CCO)CNc1ccc2nnc(-c3ccccc3)n2n1. The molecule has 120 valence electrons. The maximum absolute atomic E-state index is 9.11. The molecule has 3 aromatic rings. The molecule has 2 heterocycles. The second kappa shape index (κ2) is 6.34. The molecule has 0 saturated carbocycles. The predicted octanol–water partition coefficient (Wildman–Crippen LogP) is 2.61. The average Bonchev–Trinajstić information content (AvgIpc) is 2.97. The molecule has 0 bridgehead atoms. The Labute approximate surface area is 135 Å². The Morgan fingerprint density at radius 2 is 1.87 bits per heavy atom. The number of hydrogen-bond donors (Lipinski definition) is 2. The molecule has 0 fully saturated rings. The summed E-state index contributed by atoms with van der Waals surface area (Å²) in [5.41, 5.74) is 1.69. The molecule has 0 spiro atoms. The van der Waals surface area contributed by atoms with Gasteiger partial charge in [0.15, 0.2) is 11.5 Å². The van der Waals surface area contributed by atoms with Gasteiger partial charge in [-0.25, -0.2) is 0 Å². The smallest absolute Gasteiger partial charge is 0.185 e. The van der Waals surface area contributed by atoms with E-state index in [1.54, 1.807) is 4.52 Å². The highest BCUT2D eigenvalue weighted by Crippen LogP contribution is 2.21. The van der Waals surface area contributed by atoms with E-state index >= 15 is 0 Å². The summed E-state index contributed by atoms with van der Waals surface area (Å²) in [5.74, 6) is 1.49. The maximum atomic E-state index is 9.11. The van der Waals surface area contributed by atoms with Crippen molar-refractivity contribution in [2.45, 2.75) is 20.3 Å². The zero-order valence-electron chi connectivity index (χ0n) is 13.4. The molecule has 0 saturated heterocycles. The molecule has 0 amide bonds. The first-order valence-corrected chi connectivity index (χ1v) is 7.72. The third-order valence-electron chi connectivity index (χ3n) is 3.83. The Bertz CT molecular complexity index is 782. The Morgan fingerprint density at radius 1 is 1.09 bits per heavy atom. The molecule has 6 nitrogen and oxygen atoms in total. The highest BCUT2D eigenvalue weighted by molar-refractivity contribution is 5.59. The summed E-state index contributed by atoms with van der Waals surface area (Å²) in [4.78, 5) is 0. The Morgan fingerprint density at radius 3 is 2.61 bits per heavy atom. The van der Waals surface area contributed by atoms with Crippen LogP contribution in [-0.4, -0.2) is 38.1 Å². The summed E-state index contributed by atoms with van der Waals surface area (Å²) < 4.78 is 1.75. The van der Waals surface area contributed by atoms with Gasteiger partial charge < -0.3 is 10.4 Å². The number of rotatable bonds is 6. The maximum Gasteiger partial charge on any atom is 0.185 e. The van der Waals surface area contributed by atoms with Gasteiger partial charge in [-0.3, -0.25) is 0 Å². The van der Waals surface area contributed by atoms with Gasteiger partial charge in [-0.15, -0.1) is 15.3 Å². The average molecular weight is 311 g/mol. The molecule has 6 heteroatoms. The number of benzene rings is 1. The Balaban J connectivity index is 1.87. The third-order valence-corrected chi connectivity index (χ3v) is 3.83. The lowest BCUT2D eigenvalue weighted by Crippen LogP contribution is -2.24. The largest absolute Gasteiger partial charge is 0.396 e. The first-order valence-electron chi connectivity index (χ1n) is 7.72. The van der Waals surface area contributed by atoms with Gasteiger partial charge in [-0.2, -0.15) is 4.52 Å². The zero-order chi connectivity index (χ0) is 16.3. The number of nitrogens with zero attached hydrogens (tertiary/aromatic N) is 4. The lowest BCUT2D eigenvalue weighted by Gasteiger charge is -2.24. The van der Waals surface area contributed by atoms with E-state index < -0.39 is 0 Å². The van der Waals surface area contributed by atoms with Crippen LogP contribution >= 0.6 is 0 Å². The topological polar surface area (TPSA) is 75.3 Å². The summed E-state index contributed by atoms with van der Waals surface area (Å²) >= 11 is 0. The van der Waals surface area contributed by atoms with Crippen LogP contribution in [0.3, 0.4) is 0 Å². The van der Waals surface area contributed by atoms with Crippen molar-refractivity contribution >= 4 is 11.5 Å². The lowest BCUT2D eigenvalue weighted by atomic mass is 9.90. The van der Waals surface area contributed by atoms with Gasteiger partial charge in [0.25, 0.3) is 0 Å². The molecule has 2 N–H and O–H groups in total. The predicted molar refractivity (Wildman–Crippen MR) is 90.2 cm³/mol. The van der Waals surface area contributed by atoms with Gasteiger partial charge >= 0.3 is 0 Å². The van der Waals surface area contributed by atoms with E-state index in [1.807, 2.05) is 42.5 Å². The summed E-state index contributed by atoms with van der Waals surface area (Å²) in [5, 5.41) is 25.4. The van der Waals surface area contributed by atoms with Crippen molar-refractivity contribution < 1.29 is 5.11 Å². The minimum absolute atomic E-state index is 0.000828. The van der Waals surface area contributed by atoms with Crippen LogP contribution < -0.4 is 5.32 Å². The minimum atomic E-state index is 0.000828. The van der Waals surface area contributed by atoms with Gasteiger partial charge in [-0.05, 0) is 24.0 Å². The van der Waals surface area contributed by atoms with Gasteiger partial charge in [0, 0.05) is 18.7 Å². The summed E-state index contributed by atoms with van der Waals surface area (Å²) in [6.07, 6.45) is 0.740. The van der Waals surface area contributed by atoms with E-state index in [4.69, 9.17) is 5.11 Å². The molecule has 3 rings (SSSR count). The molecular weight excluding hydrogens is 290 g/mol. The van der Waals surface area contributed by atoms with E-state index in [0.717, 1.165) is 30.2 Å². The van der Waals surface area contributed by atoms with Crippen LogP contribution in [0.15, 0.2) is 42.5 Å². The highest BCUT2D eigenvalue weighted by atomic mass is 16.3. The van der Waals surface area contributed by atoms with E-state index in [-0.39, 0.29) is 12.0 Å². The Kier molecular flexibility index (Phi) is 4.25. The monoisotopic (exact) mass is 311 g/mol. The molecule has 0 aliphatic heterocycles. The van der Waals surface area contributed by atoms with Gasteiger partial charge in [0.2, 0.25) is 0 Å². The van der Waals surface area contributed by atoms with Crippen molar-refractivity contribution in [2.24, 2.45) is 5.41 Å². The summed E-state index contributed by atoms with van der Waals surface area (Å²) in [6, 6.07) is 13.7. The van der Waals surface area contributed by atoms with Crippen molar-refractivity contribution in [1.82, 2.24) is 19.8 Å². The van der Waals surface area contributed by atoms with Crippen molar-refractivity contribution in [3.05, 3.63) is 42.5 Å². The number of aliphatic hydroxyl groups is 1. The van der Waals surface area contributed by atoms with Crippen LogP contribution in [-0.2, 0) is 0 Å². The summed E-state index contributed by atoms with van der Waals surface area (Å²) in [7, 11) is 0. The molecule has 1 aromatic carbocycles. The second-order valence-corrected chi connectivity index (χ2v) is 6.37. The van der Waals surface area contributed by atoms with Crippen LogP contribution in [0.2, 0.25) is 0 Å². The van der Waals surface area contributed by atoms with Crippen LogP contribution in [0.4, 0.5) is 5.82 Å². The quantitative estimate of drug-likeness (QED) is 0.732. The normalized spacial score (nSPS) is 11.8. The van der Waals surface area contributed by atoms with Gasteiger partial charge in [-0.1, -0.05) is 44.2 Å². The van der Waals surface area contributed by atoms with Crippen LogP contribution in [0.1, 0.15) is 20.3 Å². The molecule has 0 radical (unpaired) electrons. The number of hydrogen-bond acceptors (Lipinski definition) is 5. The van der Waals surface area contributed by atoms with Gasteiger partial charge in [0.1, 0.15) is 5.82 Å². The highest BCUT2D eigenvalue weighted by Gasteiger charge is 2.17. The number of aliphatic hydroxyl groups excluding tert-OH is 1. The number of fused-ring (bicyclic) bond motifs is 1. The second-order valence-electron chi connectivity index (χ2n) is 6.37.